The Balaban J connectivity index is 1.53. The molecule has 4 nitrogen and oxygen atoms in total. The van der Waals surface area contributed by atoms with Crippen LogP contribution in [-0.4, -0.2) is 11.6 Å². The zero-order chi connectivity index (χ0) is 21.1. The van der Waals surface area contributed by atoms with Gasteiger partial charge in [0.05, 0.1) is 12.0 Å². The molecule has 3 aliphatic rings. The molecule has 2 aliphatic carbocycles. The average Bonchev–Trinajstić information content (AvgIpc) is 3.41. The predicted octanol–water partition coefficient (Wildman–Crippen LogP) is 5.63. The van der Waals surface area contributed by atoms with Crippen molar-refractivity contribution in [2.75, 3.05) is 0 Å². The van der Waals surface area contributed by atoms with Crippen LogP contribution in [-0.2, 0) is 4.79 Å². The number of benzene rings is 2. The molecule has 1 aliphatic heterocycles. The van der Waals surface area contributed by atoms with E-state index < -0.39 is 5.92 Å². The van der Waals surface area contributed by atoms with E-state index >= 15 is 0 Å². The number of rotatable bonds is 2. The molecule has 0 unspecified atom stereocenters. The SMILES string of the molecule is O=C1C[C@@H](c2ccco2)CC2=C1[C@H](c1ccc(Cl)cc1)C1=C(N2)c2ccccc2C1=O. The molecule has 152 valence electrons. The van der Waals surface area contributed by atoms with Gasteiger partial charge < -0.3 is 9.73 Å². The summed E-state index contributed by atoms with van der Waals surface area (Å²) in [6, 6.07) is 18.8. The molecule has 1 aromatic heterocycles. The lowest BCUT2D eigenvalue weighted by atomic mass is 9.72. The zero-order valence-electron chi connectivity index (χ0n) is 16.5. The average molecular weight is 428 g/mol. The minimum Gasteiger partial charge on any atom is -0.469 e. The first-order valence-corrected chi connectivity index (χ1v) is 10.7. The van der Waals surface area contributed by atoms with Gasteiger partial charge >= 0.3 is 0 Å². The molecular formula is C26H18ClNO3. The molecule has 1 N–H and O–H groups in total. The summed E-state index contributed by atoms with van der Waals surface area (Å²) in [5.41, 5.74) is 5.48. The smallest absolute Gasteiger partial charge is 0.192 e. The molecule has 0 saturated heterocycles. The van der Waals surface area contributed by atoms with Crippen molar-refractivity contribution in [3.8, 4) is 0 Å². The van der Waals surface area contributed by atoms with E-state index in [2.05, 4.69) is 5.32 Å². The van der Waals surface area contributed by atoms with Crippen molar-refractivity contribution in [1.82, 2.24) is 5.32 Å². The highest BCUT2D eigenvalue weighted by molar-refractivity contribution is 6.30. The van der Waals surface area contributed by atoms with Crippen molar-refractivity contribution < 1.29 is 14.0 Å². The molecule has 0 amide bonds. The Labute approximate surface area is 184 Å². The Morgan fingerprint density at radius 1 is 0.871 bits per heavy atom. The second-order valence-electron chi connectivity index (χ2n) is 8.21. The van der Waals surface area contributed by atoms with Crippen LogP contribution in [0.25, 0.3) is 5.70 Å². The van der Waals surface area contributed by atoms with E-state index in [1.54, 1.807) is 6.26 Å². The normalized spacial score (nSPS) is 22.2. The number of carbonyl (C=O) groups is 2. The lowest BCUT2D eigenvalue weighted by Crippen LogP contribution is -2.33. The van der Waals surface area contributed by atoms with Crippen LogP contribution in [0.15, 0.2) is 88.2 Å². The molecule has 0 radical (unpaired) electrons. The van der Waals surface area contributed by atoms with Crippen LogP contribution < -0.4 is 5.32 Å². The Morgan fingerprint density at radius 3 is 2.39 bits per heavy atom. The number of Topliss-reactive ketones (excluding diaryl/α,β-unsaturated/α-hetero) is 2. The van der Waals surface area contributed by atoms with Gasteiger partial charge in [-0.2, -0.15) is 0 Å². The summed E-state index contributed by atoms with van der Waals surface area (Å²) >= 11 is 6.13. The van der Waals surface area contributed by atoms with Crippen LogP contribution in [0.3, 0.4) is 0 Å². The van der Waals surface area contributed by atoms with Crippen molar-refractivity contribution in [3.05, 3.63) is 111 Å². The van der Waals surface area contributed by atoms with Crippen molar-refractivity contribution >= 4 is 28.9 Å². The second kappa shape index (κ2) is 6.82. The zero-order valence-corrected chi connectivity index (χ0v) is 17.3. The van der Waals surface area contributed by atoms with Gasteiger partial charge in [-0.3, -0.25) is 9.59 Å². The molecule has 2 aromatic carbocycles. The number of allylic oxidation sites excluding steroid dienone is 3. The number of furan rings is 1. The van der Waals surface area contributed by atoms with Crippen LogP contribution in [0.4, 0.5) is 0 Å². The van der Waals surface area contributed by atoms with E-state index in [1.807, 2.05) is 60.7 Å². The summed E-state index contributed by atoms with van der Waals surface area (Å²) in [7, 11) is 0. The first-order chi connectivity index (χ1) is 15.1. The van der Waals surface area contributed by atoms with Crippen molar-refractivity contribution in [3.63, 3.8) is 0 Å². The van der Waals surface area contributed by atoms with Gasteiger partial charge in [0.25, 0.3) is 0 Å². The second-order valence-corrected chi connectivity index (χ2v) is 8.65. The Bertz CT molecular complexity index is 1300. The van der Waals surface area contributed by atoms with Crippen LogP contribution in [0.2, 0.25) is 5.02 Å². The number of hydrogen-bond acceptors (Lipinski definition) is 4. The largest absolute Gasteiger partial charge is 0.469 e. The van der Waals surface area contributed by atoms with Gasteiger partial charge in [0, 0.05) is 51.2 Å². The van der Waals surface area contributed by atoms with Crippen molar-refractivity contribution in [2.45, 2.75) is 24.7 Å². The molecular weight excluding hydrogens is 410 g/mol. The molecule has 6 rings (SSSR count). The highest BCUT2D eigenvalue weighted by Gasteiger charge is 2.45. The fourth-order valence-corrected chi connectivity index (χ4v) is 5.23. The Morgan fingerprint density at radius 2 is 1.65 bits per heavy atom. The molecule has 31 heavy (non-hydrogen) atoms. The quantitative estimate of drug-likeness (QED) is 0.576. The fraction of sp³-hybridized carbons (Fsp3) is 0.154. The molecule has 0 bridgehead atoms. The molecule has 2 atom stereocenters. The standard InChI is InChI=1S/C26H18ClNO3/c27-16-9-7-14(8-10-16)22-23-19(12-15(13-20(23)29)21-6-3-11-31-21)28-25-17-4-1-2-5-18(17)26(30)24(22)25/h1-11,15,22,28H,12-13H2/t15-,22-/m0/s1. The first kappa shape index (κ1) is 18.4. The number of dihydropyridines is 1. The summed E-state index contributed by atoms with van der Waals surface area (Å²) < 4.78 is 5.60. The summed E-state index contributed by atoms with van der Waals surface area (Å²) in [5, 5.41) is 4.11. The number of nitrogens with one attached hydrogen (secondary N) is 1. The maximum Gasteiger partial charge on any atom is 0.192 e. The van der Waals surface area contributed by atoms with Gasteiger partial charge in [-0.15, -0.1) is 0 Å². The van der Waals surface area contributed by atoms with E-state index in [0.717, 1.165) is 28.3 Å². The van der Waals surface area contributed by atoms with Gasteiger partial charge in [-0.25, -0.2) is 0 Å². The highest BCUT2D eigenvalue weighted by Crippen LogP contribution is 2.50. The summed E-state index contributed by atoms with van der Waals surface area (Å²) in [6.45, 7) is 0. The van der Waals surface area contributed by atoms with Crippen LogP contribution in [0.5, 0.6) is 0 Å². The number of carbonyl (C=O) groups excluding carboxylic acids is 2. The maximum atomic E-state index is 13.5. The molecule has 2 heterocycles. The Hall–Kier alpha value is -3.37. The molecule has 0 spiro atoms. The summed E-state index contributed by atoms with van der Waals surface area (Å²) in [6.07, 6.45) is 2.66. The third-order valence-electron chi connectivity index (χ3n) is 6.46. The summed E-state index contributed by atoms with van der Waals surface area (Å²) in [4.78, 5) is 26.9. The van der Waals surface area contributed by atoms with Crippen molar-refractivity contribution in [1.29, 1.82) is 0 Å². The van der Waals surface area contributed by atoms with E-state index in [1.165, 1.54) is 0 Å². The fourth-order valence-electron chi connectivity index (χ4n) is 5.11. The van der Waals surface area contributed by atoms with E-state index in [0.29, 0.717) is 34.6 Å². The van der Waals surface area contributed by atoms with Crippen LogP contribution >= 0.6 is 11.6 Å². The maximum absolute atomic E-state index is 13.5. The number of ketones is 2. The molecule has 3 aromatic rings. The lowest BCUT2D eigenvalue weighted by molar-refractivity contribution is -0.116. The molecule has 0 fully saturated rings. The Kier molecular flexibility index (Phi) is 4.05. The highest BCUT2D eigenvalue weighted by atomic mass is 35.5. The summed E-state index contributed by atoms with van der Waals surface area (Å²) in [5.74, 6) is 0.408. The van der Waals surface area contributed by atoms with Gasteiger partial charge in [0.15, 0.2) is 11.6 Å². The first-order valence-electron chi connectivity index (χ1n) is 10.3. The predicted molar refractivity (Wildman–Crippen MR) is 118 cm³/mol. The van der Waals surface area contributed by atoms with Gasteiger partial charge in [-0.05, 0) is 36.2 Å². The third-order valence-corrected chi connectivity index (χ3v) is 6.72. The van der Waals surface area contributed by atoms with Gasteiger partial charge in [-0.1, -0.05) is 48.0 Å². The van der Waals surface area contributed by atoms with Crippen LogP contribution in [0.1, 0.15) is 51.9 Å². The number of fused-ring (bicyclic) bond motifs is 2. The van der Waals surface area contributed by atoms with E-state index in [4.69, 9.17) is 16.0 Å². The molecule has 5 heteroatoms. The number of hydrogen-bond donors (Lipinski definition) is 1. The number of halogens is 1. The third kappa shape index (κ3) is 2.75. The van der Waals surface area contributed by atoms with Gasteiger partial charge in [0.1, 0.15) is 5.76 Å². The minimum atomic E-state index is -0.409. The minimum absolute atomic E-state index is 0.0193. The lowest BCUT2D eigenvalue weighted by Gasteiger charge is -2.35. The molecule has 0 saturated carbocycles. The topological polar surface area (TPSA) is 59.3 Å². The monoisotopic (exact) mass is 427 g/mol. The van der Waals surface area contributed by atoms with Crippen molar-refractivity contribution in [2.24, 2.45) is 0 Å². The van der Waals surface area contributed by atoms with E-state index in [-0.39, 0.29) is 17.5 Å². The van der Waals surface area contributed by atoms with Gasteiger partial charge in [0.2, 0.25) is 0 Å². The van der Waals surface area contributed by atoms with Crippen LogP contribution in [0, 0.1) is 0 Å². The van der Waals surface area contributed by atoms with E-state index in [9.17, 15) is 9.59 Å².